The van der Waals surface area contributed by atoms with E-state index in [1.165, 1.54) is 36.9 Å². The standard InChI is InChI=1S/C16H26N2/c1-3-18(12-15-5-4-6-15)13-16-9-7-14(8-10-16)11-17-2/h7-10,15,17H,3-6,11-13H2,1-2H3. The molecule has 1 aromatic rings. The SMILES string of the molecule is CCN(Cc1ccc(CNC)cc1)CC1CCC1. The molecule has 0 radical (unpaired) electrons. The van der Waals surface area contributed by atoms with Gasteiger partial charge >= 0.3 is 0 Å². The fraction of sp³-hybridized carbons (Fsp3) is 0.625. The van der Waals surface area contributed by atoms with Crippen molar-refractivity contribution in [1.82, 2.24) is 10.2 Å². The van der Waals surface area contributed by atoms with Crippen molar-refractivity contribution in [3.63, 3.8) is 0 Å². The van der Waals surface area contributed by atoms with Gasteiger partial charge in [0.25, 0.3) is 0 Å². The van der Waals surface area contributed by atoms with E-state index in [1.54, 1.807) is 0 Å². The highest BCUT2D eigenvalue weighted by atomic mass is 15.1. The Hall–Kier alpha value is -0.860. The van der Waals surface area contributed by atoms with Crippen molar-refractivity contribution in [2.45, 2.75) is 39.3 Å². The highest BCUT2D eigenvalue weighted by Crippen LogP contribution is 2.27. The van der Waals surface area contributed by atoms with Crippen LogP contribution in [-0.4, -0.2) is 25.0 Å². The van der Waals surface area contributed by atoms with E-state index < -0.39 is 0 Å². The van der Waals surface area contributed by atoms with Gasteiger partial charge in [-0.3, -0.25) is 4.90 Å². The van der Waals surface area contributed by atoms with E-state index >= 15 is 0 Å². The van der Waals surface area contributed by atoms with E-state index in [4.69, 9.17) is 0 Å². The monoisotopic (exact) mass is 246 g/mol. The van der Waals surface area contributed by atoms with Crippen LogP contribution in [0.25, 0.3) is 0 Å². The normalized spacial score (nSPS) is 15.9. The van der Waals surface area contributed by atoms with Crippen molar-refractivity contribution >= 4 is 0 Å². The first-order valence-electron chi connectivity index (χ1n) is 7.26. The fourth-order valence-corrected chi connectivity index (χ4v) is 2.57. The summed E-state index contributed by atoms with van der Waals surface area (Å²) in [6.45, 7) is 6.78. The fourth-order valence-electron chi connectivity index (χ4n) is 2.57. The lowest BCUT2D eigenvalue weighted by Gasteiger charge is -2.31. The number of hydrogen-bond donors (Lipinski definition) is 1. The summed E-state index contributed by atoms with van der Waals surface area (Å²) in [6.07, 6.45) is 4.33. The van der Waals surface area contributed by atoms with Crippen LogP contribution in [0, 0.1) is 5.92 Å². The van der Waals surface area contributed by atoms with Crippen LogP contribution in [0.5, 0.6) is 0 Å². The molecular weight excluding hydrogens is 220 g/mol. The second-order valence-corrected chi connectivity index (χ2v) is 5.47. The molecule has 1 aromatic carbocycles. The second-order valence-electron chi connectivity index (χ2n) is 5.47. The van der Waals surface area contributed by atoms with Crippen molar-refractivity contribution in [2.75, 3.05) is 20.1 Å². The summed E-state index contributed by atoms with van der Waals surface area (Å²) in [5, 5.41) is 3.19. The molecule has 18 heavy (non-hydrogen) atoms. The first-order chi connectivity index (χ1) is 8.81. The van der Waals surface area contributed by atoms with Gasteiger partial charge in [0.2, 0.25) is 0 Å². The Morgan fingerprint density at radius 2 is 1.83 bits per heavy atom. The van der Waals surface area contributed by atoms with Crippen LogP contribution in [0.3, 0.4) is 0 Å². The molecule has 1 aliphatic rings. The van der Waals surface area contributed by atoms with E-state index in [2.05, 4.69) is 41.4 Å². The molecule has 0 amide bonds. The van der Waals surface area contributed by atoms with Gasteiger partial charge in [-0.15, -0.1) is 0 Å². The molecule has 0 atom stereocenters. The van der Waals surface area contributed by atoms with Gasteiger partial charge in [0.1, 0.15) is 0 Å². The minimum atomic E-state index is 0.958. The summed E-state index contributed by atoms with van der Waals surface area (Å²) >= 11 is 0. The zero-order chi connectivity index (χ0) is 12.8. The van der Waals surface area contributed by atoms with Crippen LogP contribution < -0.4 is 5.32 Å². The van der Waals surface area contributed by atoms with Crippen LogP contribution in [0.15, 0.2) is 24.3 Å². The van der Waals surface area contributed by atoms with Crippen LogP contribution in [0.4, 0.5) is 0 Å². The van der Waals surface area contributed by atoms with E-state index in [0.717, 1.165) is 25.6 Å². The van der Waals surface area contributed by atoms with Gasteiger partial charge in [-0.2, -0.15) is 0 Å². The molecule has 1 saturated carbocycles. The summed E-state index contributed by atoms with van der Waals surface area (Å²) in [6, 6.07) is 9.03. The molecule has 2 rings (SSSR count). The van der Waals surface area contributed by atoms with E-state index in [1.807, 2.05) is 7.05 Å². The molecule has 1 N–H and O–H groups in total. The Morgan fingerprint density at radius 1 is 1.17 bits per heavy atom. The lowest BCUT2D eigenvalue weighted by Crippen LogP contribution is -2.32. The smallest absolute Gasteiger partial charge is 0.0233 e. The summed E-state index contributed by atoms with van der Waals surface area (Å²) in [7, 11) is 1.99. The Labute approximate surface area is 111 Å². The maximum atomic E-state index is 3.19. The van der Waals surface area contributed by atoms with Gasteiger partial charge < -0.3 is 5.32 Å². The third-order valence-electron chi connectivity index (χ3n) is 4.00. The van der Waals surface area contributed by atoms with Crippen LogP contribution in [0.2, 0.25) is 0 Å². The Balaban J connectivity index is 1.85. The highest BCUT2D eigenvalue weighted by molar-refractivity contribution is 5.22. The van der Waals surface area contributed by atoms with Gasteiger partial charge in [-0.05, 0) is 43.5 Å². The molecule has 0 bridgehead atoms. The van der Waals surface area contributed by atoms with Crippen molar-refractivity contribution in [3.8, 4) is 0 Å². The summed E-state index contributed by atoms with van der Waals surface area (Å²) in [5.74, 6) is 0.966. The molecular formula is C16H26N2. The predicted molar refractivity (Wildman–Crippen MR) is 77.5 cm³/mol. The van der Waals surface area contributed by atoms with Crippen molar-refractivity contribution in [3.05, 3.63) is 35.4 Å². The molecule has 0 heterocycles. The minimum Gasteiger partial charge on any atom is -0.316 e. The van der Waals surface area contributed by atoms with Crippen molar-refractivity contribution < 1.29 is 0 Å². The first kappa shape index (κ1) is 13.6. The van der Waals surface area contributed by atoms with Crippen molar-refractivity contribution in [1.29, 1.82) is 0 Å². The third kappa shape index (κ3) is 3.82. The Bertz CT molecular complexity index is 341. The van der Waals surface area contributed by atoms with Gasteiger partial charge in [-0.1, -0.05) is 37.6 Å². The molecule has 0 unspecified atom stereocenters. The van der Waals surface area contributed by atoms with Crippen molar-refractivity contribution in [2.24, 2.45) is 5.92 Å². The average Bonchev–Trinajstić information content (AvgIpc) is 2.34. The van der Waals surface area contributed by atoms with Crippen LogP contribution >= 0.6 is 0 Å². The zero-order valence-electron chi connectivity index (χ0n) is 11.8. The lowest BCUT2D eigenvalue weighted by molar-refractivity contribution is 0.178. The molecule has 1 fully saturated rings. The number of nitrogens with zero attached hydrogens (tertiary/aromatic N) is 1. The molecule has 0 aliphatic heterocycles. The maximum absolute atomic E-state index is 3.19. The van der Waals surface area contributed by atoms with Gasteiger partial charge in [0.05, 0.1) is 0 Å². The lowest BCUT2D eigenvalue weighted by atomic mass is 9.85. The van der Waals surface area contributed by atoms with Gasteiger partial charge in [0, 0.05) is 19.6 Å². The van der Waals surface area contributed by atoms with Crippen LogP contribution in [0.1, 0.15) is 37.3 Å². The molecule has 100 valence electrons. The minimum absolute atomic E-state index is 0.958. The number of benzene rings is 1. The van der Waals surface area contributed by atoms with E-state index in [9.17, 15) is 0 Å². The first-order valence-corrected chi connectivity index (χ1v) is 7.26. The quantitative estimate of drug-likeness (QED) is 0.795. The Kier molecular flexibility index (Phi) is 5.21. The second kappa shape index (κ2) is 6.91. The maximum Gasteiger partial charge on any atom is 0.0233 e. The molecule has 0 saturated heterocycles. The third-order valence-corrected chi connectivity index (χ3v) is 4.00. The summed E-state index contributed by atoms with van der Waals surface area (Å²) < 4.78 is 0. The molecule has 0 aromatic heterocycles. The molecule has 0 spiro atoms. The molecule has 2 nitrogen and oxygen atoms in total. The van der Waals surface area contributed by atoms with Gasteiger partial charge in [0.15, 0.2) is 0 Å². The van der Waals surface area contributed by atoms with E-state index in [0.29, 0.717) is 0 Å². The average molecular weight is 246 g/mol. The Morgan fingerprint density at radius 3 is 2.33 bits per heavy atom. The zero-order valence-corrected chi connectivity index (χ0v) is 11.8. The number of hydrogen-bond acceptors (Lipinski definition) is 2. The topological polar surface area (TPSA) is 15.3 Å². The van der Waals surface area contributed by atoms with E-state index in [-0.39, 0.29) is 0 Å². The number of rotatable bonds is 7. The van der Waals surface area contributed by atoms with Gasteiger partial charge in [-0.25, -0.2) is 0 Å². The summed E-state index contributed by atoms with van der Waals surface area (Å²) in [4.78, 5) is 2.58. The molecule has 2 heteroatoms. The highest BCUT2D eigenvalue weighted by Gasteiger charge is 2.19. The largest absolute Gasteiger partial charge is 0.316 e. The summed E-state index contributed by atoms with van der Waals surface area (Å²) in [5.41, 5.74) is 2.80. The van der Waals surface area contributed by atoms with Crippen LogP contribution in [-0.2, 0) is 13.1 Å². The molecule has 1 aliphatic carbocycles. The number of nitrogens with one attached hydrogen (secondary N) is 1. The predicted octanol–water partition coefficient (Wildman–Crippen LogP) is 3.03.